The molecule has 24 heavy (non-hydrogen) atoms. The molecule has 1 heterocycles. The van der Waals surface area contributed by atoms with E-state index in [4.69, 9.17) is 11.6 Å². The first-order valence-corrected chi connectivity index (χ1v) is 9.13. The average molecular weight is 423 g/mol. The van der Waals surface area contributed by atoms with Gasteiger partial charge in [0, 0.05) is 15.1 Å². The minimum atomic E-state index is -0.189. The first kappa shape index (κ1) is 17.1. The number of nitrogens with zero attached hydrogens (tertiary/aromatic N) is 2. The van der Waals surface area contributed by atoms with Crippen LogP contribution in [0.2, 0.25) is 5.02 Å². The molecule has 1 atom stereocenters. The zero-order chi connectivity index (χ0) is 17.1. The van der Waals surface area contributed by atoms with Crippen LogP contribution in [-0.4, -0.2) is 15.5 Å². The molecule has 0 aliphatic heterocycles. The summed E-state index contributed by atoms with van der Waals surface area (Å²) in [6.07, 6.45) is 0. The molecule has 3 rings (SSSR count). The summed E-state index contributed by atoms with van der Waals surface area (Å²) in [6.45, 7) is 1.93. The minimum absolute atomic E-state index is 0.144. The van der Waals surface area contributed by atoms with Gasteiger partial charge in [-0.2, -0.15) is 0 Å². The number of aromatic nitrogens is 2. The summed E-state index contributed by atoms with van der Waals surface area (Å²) < 4.78 is 4.90. The summed E-state index contributed by atoms with van der Waals surface area (Å²) in [7, 11) is 0. The maximum absolute atomic E-state index is 12.6. The van der Waals surface area contributed by atoms with Crippen molar-refractivity contribution in [3.8, 4) is 11.3 Å². The van der Waals surface area contributed by atoms with Gasteiger partial charge in [0.2, 0.25) is 0 Å². The van der Waals surface area contributed by atoms with Gasteiger partial charge in [-0.05, 0) is 48.3 Å². The van der Waals surface area contributed by atoms with E-state index in [2.05, 4.69) is 30.8 Å². The summed E-state index contributed by atoms with van der Waals surface area (Å²) >= 11 is 10.4. The Morgan fingerprint density at radius 2 is 1.83 bits per heavy atom. The molecule has 0 aliphatic carbocycles. The largest absolute Gasteiger partial charge is 0.345 e. The number of carbonyl (C=O) groups is 1. The van der Waals surface area contributed by atoms with Gasteiger partial charge in [-0.15, -0.1) is 5.10 Å². The van der Waals surface area contributed by atoms with Crippen molar-refractivity contribution < 1.29 is 4.79 Å². The zero-order valence-electron chi connectivity index (χ0n) is 12.7. The Labute approximate surface area is 157 Å². The zero-order valence-corrected chi connectivity index (χ0v) is 15.8. The number of rotatable bonds is 4. The first-order chi connectivity index (χ1) is 11.5. The Hall–Kier alpha value is -1.76. The number of carbonyl (C=O) groups excluding carboxylic acids is 1. The van der Waals surface area contributed by atoms with E-state index in [1.807, 2.05) is 43.3 Å². The molecule has 2 aromatic carbocycles. The van der Waals surface area contributed by atoms with E-state index in [0.717, 1.165) is 27.1 Å². The van der Waals surface area contributed by atoms with Crippen molar-refractivity contribution in [1.29, 1.82) is 0 Å². The van der Waals surface area contributed by atoms with Crippen LogP contribution in [0.25, 0.3) is 11.3 Å². The smallest absolute Gasteiger partial charge is 0.265 e. The molecule has 0 unspecified atom stereocenters. The van der Waals surface area contributed by atoms with Crippen molar-refractivity contribution in [3.05, 3.63) is 68.5 Å². The van der Waals surface area contributed by atoms with E-state index in [9.17, 15) is 4.79 Å². The van der Waals surface area contributed by atoms with Gasteiger partial charge in [-0.1, -0.05) is 56.3 Å². The number of benzene rings is 2. The molecule has 0 spiro atoms. The van der Waals surface area contributed by atoms with Crippen molar-refractivity contribution in [2.45, 2.75) is 13.0 Å². The third-order valence-electron chi connectivity index (χ3n) is 3.53. The Bertz CT molecular complexity index is 849. The third-order valence-corrected chi connectivity index (χ3v) is 5.03. The molecule has 0 saturated carbocycles. The average Bonchev–Trinajstić information content (AvgIpc) is 3.06. The molecular formula is C17H13BrClN3OS. The molecule has 0 aliphatic rings. The highest BCUT2D eigenvalue weighted by Crippen LogP contribution is 2.26. The summed E-state index contributed by atoms with van der Waals surface area (Å²) in [6, 6.07) is 14.9. The van der Waals surface area contributed by atoms with Crippen LogP contribution >= 0.6 is 39.1 Å². The second-order valence-electron chi connectivity index (χ2n) is 5.20. The van der Waals surface area contributed by atoms with Crippen LogP contribution in [0, 0.1) is 0 Å². The quantitative estimate of drug-likeness (QED) is 0.635. The monoisotopic (exact) mass is 421 g/mol. The van der Waals surface area contributed by atoms with Crippen molar-refractivity contribution in [1.82, 2.24) is 14.9 Å². The maximum atomic E-state index is 12.6. The first-order valence-electron chi connectivity index (χ1n) is 7.19. The Balaban J connectivity index is 1.80. The van der Waals surface area contributed by atoms with Crippen LogP contribution in [-0.2, 0) is 0 Å². The van der Waals surface area contributed by atoms with Crippen molar-refractivity contribution in [2.24, 2.45) is 0 Å². The molecule has 4 nitrogen and oxygen atoms in total. The lowest BCUT2D eigenvalue weighted by Crippen LogP contribution is -2.26. The number of halogens is 2. The van der Waals surface area contributed by atoms with E-state index in [-0.39, 0.29) is 11.9 Å². The van der Waals surface area contributed by atoms with Crippen LogP contribution in [0.3, 0.4) is 0 Å². The molecule has 0 radical (unpaired) electrons. The minimum Gasteiger partial charge on any atom is -0.345 e. The van der Waals surface area contributed by atoms with Gasteiger partial charge in [-0.25, -0.2) is 0 Å². The van der Waals surface area contributed by atoms with Gasteiger partial charge in [0.25, 0.3) is 5.91 Å². The Morgan fingerprint density at radius 1 is 1.17 bits per heavy atom. The summed E-state index contributed by atoms with van der Waals surface area (Å²) in [5.41, 5.74) is 2.43. The van der Waals surface area contributed by atoms with Gasteiger partial charge >= 0.3 is 0 Å². The molecule has 1 amide bonds. The number of hydrogen-bond acceptors (Lipinski definition) is 4. The van der Waals surface area contributed by atoms with Gasteiger partial charge < -0.3 is 5.32 Å². The summed E-state index contributed by atoms with van der Waals surface area (Å²) in [5.74, 6) is -0.189. The molecule has 0 fully saturated rings. The number of amides is 1. The predicted molar refractivity (Wildman–Crippen MR) is 100 cm³/mol. The maximum Gasteiger partial charge on any atom is 0.265 e. The standard InChI is InChI=1S/C17H13BrClN3OS/c1-10(11-4-8-14(19)9-5-11)20-17(23)16-15(21-22-24-16)12-2-6-13(18)7-3-12/h2-10H,1H3,(H,20,23)/t10-/m1/s1. The summed E-state index contributed by atoms with van der Waals surface area (Å²) in [4.78, 5) is 13.1. The van der Waals surface area contributed by atoms with Crippen LogP contribution in [0.15, 0.2) is 53.0 Å². The highest BCUT2D eigenvalue weighted by Gasteiger charge is 2.19. The van der Waals surface area contributed by atoms with Crippen LogP contribution in [0.5, 0.6) is 0 Å². The normalized spacial score (nSPS) is 12.0. The molecule has 0 saturated heterocycles. The van der Waals surface area contributed by atoms with Gasteiger partial charge in [-0.3, -0.25) is 4.79 Å². The predicted octanol–water partition coefficient (Wildman–Crippen LogP) is 5.11. The second kappa shape index (κ2) is 7.42. The molecule has 122 valence electrons. The Morgan fingerprint density at radius 3 is 2.50 bits per heavy atom. The van der Waals surface area contributed by atoms with Gasteiger partial charge in [0.05, 0.1) is 6.04 Å². The molecule has 1 N–H and O–H groups in total. The van der Waals surface area contributed by atoms with Crippen molar-refractivity contribution in [3.63, 3.8) is 0 Å². The number of hydrogen-bond donors (Lipinski definition) is 1. The third kappa shape index (κ3) is 3.83. The van der Waals surface area contributed by atoms with Crippen molar-refractivity contribution in [2.75, 3.05) is 0 Å². The molecule has 1 aromatic heterocycles. The number of nitrogens with one attached hydrogen (secondary N) is 1. The molecule has 3 aromatic rings. The molecule has 7 heteroatoms. The van der Waals surface area contributed by atoms with Gasteiger partial charge in [0.15, 0.2) is 0 Å². The second-order valence-corrected chi connectivity index (χ2v) is 7.31. The fraction of sp³-hybridized carbons (Fsp3) is 0.118. The van der Waals surface area contributed by atoms with E-state index in [1.54, 1.807) is 12.1 Å². The lowest BCUT2D eigenvalue weighted by molar-refractivity contribution is 0.0944. The SMILES string of the molecule is C[C@@H](NC(=O)c1snnc1-c1ccc(Br)cc1)c1ccc(Cl)cc1. The van der Waals surface area contributed by atoms with E-state index < -0.39 is 0 Å². The van der Waals surface area contributed by atoms with Gasteiger partial charge in [0.1, 0.15) is 10.6 Å². The summed E-state index contributed by atoms with van der Waals surface area (Å²) in [5, 5.41) is 7.75. The lowest BCUT2D eigenvalue weighted by atomic mass is 10.1. The fourth-order valence-electron chi connectivity index (χ4n) is 2.23. The topological polar surface area (TPSA) is 54.9 Å². The van der Waals surface area contributed by atoms with Crippen LogP contribution in [0.1, 0.15) is 28.2 Å². The Kier molecular flexibility index (Phi) is 5.28. The van der Waals surface area contributed by atoms with E-state index in [0.29, 0.717) is 15.6 Å². The highest BCUT2D eigenvalue weighted by atomic mass is 79.9. The molecule has 0 bridgehead atoms. The van der Waals surface area contributed by atoms with E-state index >= 15 is 0 Å². The van der Waals surface area contributed by atoms with Crippen LogP contribution in [0.4, 0.5) is 0 Å². The van der Waals surface area contributed by atoms with Crippen molar-refractivity contribution >= 4 is 45.0 Å². The fourth-order valence-corrected chi connectivity index (χ4v) is 3.21. The molecular weight excluding hydrogens is 410 g/mol. The van der Waals surface area contributed by atoms with Crippen LogP contribution < -0.4 is 5.32 Å². The lowest BCUT2D eigenvalue weighted by Gasteiger charge is -2.14. The highest BCUT2D eigenvalue weighted by molar-refractivity contribution is 9.10. The van der Waals surface area contributed by atoms with E-state index in [1.165, 1.54) is 0 Å².